The molecule has 2 aromatic rings. The van der Waals surface area contributed by atoms with Crippen molar-refractivity contribution in [3.8, 4) is 10.4 Å². The van der Waals surface area contributed by atoms with E-state index in [2.05, 4.69) is 11.9 Å². The number of rotatable bonds is 3. The number of thiazole rings is 1. The number of piperidine rings is 1. The molecule has 1 aromatic carbocycles. The molecule has 1 aromatic heterocycles. The van der Waals surface area contributed by atoms with Crippen LogP contribution >= 0.6 is 34.5 Å². The van der Waals surface area contributed by atoms with Crippen molar-refractivity contribution >= 4 is 46.4 Å². The molecule has 2 aliphatic rings. The van der Waals surface area contributed by atoms with Gasteiger partial charge in [0.2, 0.25) is 5.91 Å². The van der Waals surface area contributed by atoms with Crippen LogP contribution < -0.4 is 5.73 Å². The fraction of sp³-hybridized carbons (Fsp3) is 0.333. The molecule has 8 heteroatoms. The number of fused-ring (bicyclic) bond motifs is 1. The van der Waals surface area contributed by atoms with E-state index in [1.54, 1.807) is 17.0 Å². The molecule has 0 bridgehead atoms. The first-order valence-corrected chi connectivity index (χ1v) is 9.71. The van der Waals surface area contributed by atoms with Crippen LogP contribution in [0.2, 0.25) is 10.0 Å². The smallest absolute Gasteiger partial charge is 0.274 e. The second kappa shape index (κ2) is 5.94. The summed E-state index contributed by atoms with van der Waals surface area (Å²) in [5.74, 6) is -0.606. The number of amides is 2. The van der Waals surface area contributed by atoms with E-state index in [9.17, 15) is 9.59 Å². The van der Waals surface area contributed by atoms with Gasteiger partial charge in [-0.3, -0.25) is 9.59 Å². The Morgan fingerprint density at radius 3 is 2.77 bits per heavy atom. The van der Waals surface area contributed by atoms with Gasteiger partial charge in [-0.2, -0.15) is 0 Å². The Morgan fingerprint density at radius 1 is 1.38 bits per heavy atom. The van der Waals surface area contributed by atoms with E-state index >= 15 is 0 Å². The van der Waals surface area contributed by atoms with Crippen molar-refractivity contribution in [3.05, 3.63) is 45.9 Å². The molecule has 1 aliphatic heterocycles. The first-order valence-electron chi connectivity index (χ1n) is 8.13. The fourth-order valence-corrected chi connectivity index (χ4v) is 5.27. The number of halogens is 2. The molecule has 1 saturated heterocycles. The Hall–Kier alpha value is -1.63. The minimum Gasteiger partial charge on any atom is -0.369 e. The van der Waals surface area contributed by atoms with Crippen molar-refractivity contribution < 1.29 is 9.59 Å². The number of nitrogens with two attached hydrogens (primary N) is 1. The third kappa shape index (κ3) is 2.47. The van der Waals surface area contributed by atoms with Crippen molar-refractivity contribution in [2.75, 3.05) is 0 Å². The van der Waals surface area contributed by atoms with Gasteiger partial charge in [0.15, 0.2) is 0 Å². The molecule has 2 fully saturated rings. The second-order valence-electron chi connectivity index (χ2n) is 6.82. The van der Waals surface area contributed by atoms with E-state index in [1.165, 1.54) is 11.3 Å². The number of carbonyl (C=O) groups excluding carboxylic acids is 2. The summed E-state index contributed by atoms with van der Waals surface area (Å²) < 4.78 is 0. The van der Waals surface area contributed by atoms with Gasteiger partial charge >= 0.3 is 0 Å². The number of nitrogens with zero attached hydrogens (tertiary/aromatic N) is 2. The number of hydrogen-bond donors (Lipinski definition) is 1. The van der Waals surface area contributed by atoms with Crippen molar-refractivity contribution in [2.45, 2.75) is 31.8 Å². The predicted octanol–water partition coefficient (Wildman–Crippen LogP) is 3.72. The zero-order valence-electron chi connectivity index (χ0n) is 14.0. The quantitative estimate of drug-likeness (QED) is 0.840. The van der Waals surface area contributed by atoms with Crippen LogP contribution in [0, 0.1) is 19.3 Å². The standard InChI is InChI=1S/C18H16Cl2N3O2S/c1-8-6-18(17(21)25)7-12(18)23(8)16(24)14-15(26-9(2)22-14)10-4-3-5-11(19)13(10)20/h3-5,8,12H,1,6-7H2,2H3,(H2,21,25)/t8-,12-,18+/m0/s1. The SMILES string of the molecule is [CH2][C@H]1C[C@@]2(C(N)=O)C[C@@H]2N1C(=O)c1nc(C)sc1-c1cccc(Cl)c1Cl. The van der Waals surface area contributed by atoms with Gasteiger partial charge in [-0.15, -0.1) is 11.3 Å². The topological polar surface area (TPSA) is 76.3 Å². The predicted molar refractivity (Wildman–Crippen MR) is 102 cm³/mol. The summed E-state index contributed by atoms with van der Waals surface area (Å²) in [4.78, 5) is 31.8. The molecular formula is C18H16Cl2N3O2S. The van der Waals surface area contributed by atoms with E-state index in [0.29, 0.717) is 39.0 Å². The summed E-state index contributed by atoms with van der Waals surface area (Å²) in [5.41, 5.74) is 5.91. The Bertz CT molecular complexity index is 945. The van der Waals surface area contributed by atoms with Gasteiger partial charge in [-0.1, -0.05) is 35.3 Å². The molecule has 5 nitrogen and oxygen atoms in total. The first-order chi connectivity index (χ1) is 12.3. The highest BCUT2D eigenvalue weighted by Crippen LogP contribution is 2.59. The van der Waals surface area contributed by atoms with Gasteiger partial charge in [-0.25, -0.2) is 4.98 Å². The number of carbonyl (C=O) groups is 2. The maximum Gasteiger partial charge on any atom is 0.274 e. The molecule has 4 rings (SSSR count). The monoisotopic (exact) mass is 408 g/mol. The van der Waals surface area contributed by atoms with Crippen LogP contribution in [0.4, 0.5) is 0 Å². The highest BCUT2D eigenvalue weighted by molar-refractivity contribution is 7.15. The number of hydrogen-bond acceptors (Lipinski definition) is 4. The largest absolute Gasteiger partial charge is 0.369 e. The van der Waals surface area contributed by atoms with E-state index in [1.807, 2.05) is 13.0 Å². The third-order valence-corrected chi connectivity index (χ3v) is 7.05. The highest BCUT2D eigenvalue weighted by Gasteiger charge is 2.68. The summed E-state index contributed by atoms with van der Waals surface area (Å²) in [6.07, 6.45) is 1.09. The third-order valence-electron chi connectivity index (χ3n) is 5.22. The summed E-state index contributed by atoms with van der Waals surface area (Å²) in [6, 6.07) is 4.79. The van der Waals surface area contributed by atoms with Crippen LogP contribution in [0.25, 0.3) is 10.4 Å². The normalized spacial score (nSPS) is 26.7. The van der Waals surface area contributed by atoms with E-state index in [4.69, 9.17) is 28.9 Å². The van der Waals surface area contributed by atoms with Crippen LogP contribution in [0.15, 0.2) is 18.2 Å². The van der Waals surface area contributed by atoms with Gasteiger partial charge in [-0.05, 0) is 32.8 Å². The Morgan fingerprint density at radius 2 is 2.12 bits per heavy atom. The van der Waals surface area contributed by atoms with Gasteiger partial charge in [0.05, 0.1) is 25.3 Å². The molecule has 1 radical (unpaired) electrons. The Kier molecular flexibility index (Phi) is 4.06. The molecule has 2 amide bonds. The number of aromatic nitrogens is 1. The van der Waals surface area contributed by atoms with E-state index in [0.717, 1.165) is 5.01 Å². The minimum atomic E-state index is -0.624. The number of benzene rings is 1. The molecule has 1 saturated carbocycles. The summed E-state index contributed by atoms with van der Waals surface area (Å²) >= 11 is 13.9. The van der Waals surface area contributed by atoms with Gasteiger partial charge in [0, 0.05) is 17.6 Å². The maximum absolute atomic E-state index is 13.3. The summed E-state index contributed by atoms with van der Waals surface area (Å²) in [5, 5.41) is 1.55. The molecule has 1 aliphatic carbocycles. The Balaban J connectivity index is 1.75. The van der Waals surface area contributed by atoms with Gasteiger partial charge in [0.25, 0.3) is 5.91 Å². The van der Waals surface area contributed by atoms with Crippen LogP contribution in [-0.2, 0) is 4.79 Å². The molecule has 3 atom stereocenters. The lowest BCUT2D eigenvalue weighted by atomic mass is 10.00. The molecule has 135 valence electrons. The molecule has 0 spiro atoms. The molecule has 0 unspecified atom stereocenters. The van der Waals surface area contributed by atoms with Crippen molar-refractivity contribution in [3.63, 3.8) is 0 Å². The van der Waals surface area contributed by atoms with E-state index in [-0.39, 0.29) is 23.9 Å². The lowest BCUT2D eigenvalue weighted by molar-refractivity contribution is -0.123. The zero-order chi connectivity index (χ0) is 18.8. The Labute approximate surface area is 165 Å². The number of likely N-dealkylation sites (tertiary alicyclic amines) is 1. The maximum atomic E-state index is 13.3. The minimum absolute atomic E-state index is 0.195. The zero-order valence-corrected chi connectivity index (χ0v) is 16.3. The molecular weight excluding hydrogens is 393 g/mol. The van der Waals surface area contributed by atoms with Crippen molar-refractivity contribution in [1.82, 2.24) is 9.88 Å². The van der Waals surface area contributed by atoms with Gasteiger partial charge in [0.1, 0.15) is 5.69 Å². The second-order valence-corrected chi connectivity index (χ2v) is 8.81. The molecule has 26 heavy (non-hydrogen) atoms. The average molecular weight is 409 g/mol. The van der Waals surface area contributed by atoms with Crippen molar-refractivity contribution in [2.24, 2.45) is 11.1 Å². The first kappa shape index (κ1) is 17.8. The number of aryl methyl sites for hydroxylation is 1. The summed E-state index contributed by atoms with van der Waals surface area (Å²) in [6.45, 7) is 5.87. The summed E-state index contributed by atoms with van der Waals surface area (Å²) in [7, 11) is 0. The van der Waals surface area contributed by atoms with Crippen molar-refractivity contribution in [1.29, 1.82) is 0 Å². The lowest BCUT2D eigenvalue weighted by Gasteiger charge is -2.24. The number of primary amides is 1. The van der Waals surface area contributed by atoms with Crippen LogP contribution in [-0.4, -0.2) is 33.8 Å². The highest BCUT2D eigenvalue weighted by atomic mass is 35.5. The average Bonchev–Trinajstić information content (AvgIpc) is 3.02. The van der Waals surface area contributed by atoms with Crippen LogP contribution in [0.5, 0.6) is 0 Å². The molecule has 2 heterocycles. The van der Waals surface area contributed by atoms with Gasteiger partial charge < -0.3 is 10.6 Å². The van der Waals surface area contributed by atoms with Crippen LogP contribution in [0.1, 0.15) is 28.3 Å². The van der Waals surface area contributed by atoms with E-state index < -0.39 is 5.41 Å². The lowest BCUT2D eigenvalue weighted by Crippen LogP contribution is -2.37. The molecule has 2 N–H and O–H groups in total. The fourth-order valence-electron chi connectivity index (χ4n) is 3.87. The van der Waals surface area contributed by atoms with Crippen LogP contribution in [0.3, 0.4) is 0 Å².